The van der Waals surface area contributed by atoms with E-state index in [1.54, 1.807) is 4.90 Å². The van der Waals surface area contributed by atoms with Gasteiger partial charge in [0.1, 0.15) is 12.6 Å². The first kappa shape index (κ1) is 24.0. The van der Waals surface area contributed by atoms with Gasteiger partial charge in [0.2, 0.25) is 5.91 Å². The molecule has 0 aromatic heterocycles. The normalized spacial score (nSPS) is 14.9. The van der Waals surface area contributed by atoms with Gasteiger partial charge in [-0.25, -0.2) is 9.59 Å². The molecule has 0 aliphatic carbocycles. The van der Waals surface area contributed by atoms with E-state index in [1.807, 2.05) is 91.0 Å². The molecule has 7 nitrogen and oxygen atoms in total. The highest BCUT2D eigenvalue weighted by molar-refractivity contribution is 5.85. The topological polar surface area (TPSA) is 76.1 Å². The summed E-state index contributed by atoms with van der Waals surface area (Å²) in [6, 6.07) is 28.0. The van der Waals surface area contributed by atoms with Crippen LogP contribution >= 0.6 is 0 Å². The fraction of sp³-hybridized carbons (Fsp3) is 0.250. The molecule has 1 fully saturated rings. The van der Waals surface area contributed by atoms with Gasteiger partial charge in [-0.2, -0.15) is 0 Å². The summed E-state index contributed by atoms with van der Waals surface area (Å²) in [5.74, 6) is -0.623. The van der Waals surface area contributed by atoms with Gasteiger partial charge in [-0.1, -0.05) is 91.0 Å². The van der Waals surface area contributed by atoms with E-state index >= 15 is 0 Å². The zero-order valence-electron chi connectivity index (χ0n) is 19.4. The number of carbonyl (C=O) groups is 3. The summed E-state index contributed by atoms with van der Waals surface area (Å²) < 4.78 is 10.5. The van der Waals surface area contributed by atoms with Gasteiger partial charge in [0, 0.05) is 19.5 Å². The summed E-state index contributed by atoms with van der Waals surface area (Å²) in [6.07, 6.45) is -0.373. The number of esters is 1. The van der Waals surface area contributed by atoms with Crippen LogP contribution in [-0.2, 0) is 38.8 Å². The molecular formula is C28H28N2O5. The standard InChI is InChI=1S/C28H28N2O5/c31-26(29(18-22-10-4-1-5-11-22)19-23-12-6-2-7-13-23)17-16-25-27(32)35-21-30(25)28(33)34-20-24-14-8-3-9-15-24/h1-15,25H,16-21H2/t25-/m0/s1. The lowest BCUT2D eigenvalue weighted by Crippen LogP contribution is -2.39. The van der Waals surface area contributed by atoms with Crippen LogP contribution in [0.4, 0.5) is 4.79 Å². The molecule has 180 valence electrons. The van der Waals surface area contributed by atoms with Crippen molar-refractivity contribution < 1.29 is 23.9 Å². The molecule has 1 aliphatic heterocycles. The third-order valence-corrected chi connectivity index (χ3v) is 5.85. The van der Waals surface area contributed by atoms with Gasteiger partial charge >= 0.3 is 12.1 Å². The molecule has 4 rings (SSSR count). The van der Waals surface area contributed by atoms with E-state index in [2.05, 4.69) is 0 Å². The van der Waals surface area contributed by atoms with E-state index in [9.17, 15) is 14.4 Å². The smallest absolute Gasteiger partial charge is 0.413 e. The van der Waals surface area contributed by atoms with Crippen molar-refractivity contribution in [1.29, 1.82) is 0 Å². The Morgan fingerprint density at radius 1 is 0.829 bits per heavy atom. The molecule has 3 aromatic rings. The number of cyclic esters (lactones) is 1. The van der Waals surface area contributed by atoms with Gasteiger partial charge in [-0.3, -0.25) is 9.69 Å². The van der Waals surface area contributed by atoms with Crippen molar-refractivity contribution in [3.8, 4) is 0 Å². The van der Waals surface area contributed by atoms with Gasteiger partial charge in [0.05, 0.1) is 0 Å². The van der Waals surface area contributed by atoms with E-state index in [4.69, 9.17) is 9.47 Å². The first-order chi connectivity index (χ1) is 17.1. The Hall–Kier alpha value is -4.13. The maximum Gasteiger partial charge on any atom is 0.413 e. The molecule has 2 amide bonds. The number of hydrogen-bond acceptors (Lipinski definition) is 5. The second-order valence-corrected chi connectivity index (χ2v) is 8.38. The fourth-order valence-corrected chi connectivity index (χ4v) is 3.96. The SMILES string of the molecule is O=C1OCN(C(=O)OCc2ccccc2)[C@H]1CCC(=O)N(Cc1ccccc1)Cc1ccccc1. The average molecular weight is 473 g/mol. The van der Waals surface area contributed by atoms with Crippen LogP contribution in [0.2, 0.25) is 0 Å². The molecule has 35 heavy (non-hydrogen) atoms. The molecule has 0 saturated carbocycles. The zero-order valence-corrected chi connectivity index (χ0v) is 19.4. The van der Waals surface area contributed by atoms with E-state index in [1.165, 1.54) is 4.90 Å². The molecule has 0 spiro atoms. The van der Waals surface area contributed by atoms with Crippen molar-refractivity contribution >= 4 is 18.0 Å². The number of carbonyl (C=O) groups excluding carboxylic acids is 3. The molecule has 1 aliphatic rings. The summed E-state index contributed by atoms with van der Waals surface area (Å²) >= 11 is 0. The number of amides is 2. The molecule has 0 radical (unpaired) electrons. The number of benzene rings is 3. The van der Waals surface area contributed by atoms with E-state index < -0.39 is 18.1 Å². The van der Waals surface area contributed by atoms with Crippen molar-refractivity contribution in [2.24, 2.45) is 0 Å². The van der Waals surface area contributed by atoms with Crippen LogP contribution in [0.1, 0.15) is 29.5 Å². The summed E-state index contributed by atoms with van der Waals surface area (Å²) in [5.41, 5.74) is 2.88. The lowest BCUT2D eigenvalue weighted by molar-refractivity contribution is -0.139. The molecular weight excluding hydrogens is 444 g/mol. The summed E-state index contributed by atoms with van der Waals surface area (Å²) in [5, 5.41) is 0. The van der Waals surface area contributed by atoms with Crippen molar-refractivity contribution in [3.05, 3.63) is 108 Å². The van der Waals surface area contributed by atoms with Gasteiger partial charge in [-0.15, -0.1) is 0 Å². The molecule has 7 heteroatoms. The van der Waals surface area contributed by atoms with Crippen molar-refractivity contribution in [1.82, 2.24) is 9.80 Å². The lowest BCUT2D eigenvalue weighted by atomic mass is 10.1. The second-order valence-electron chi connectivity index (χ2n) is 8.38. The molecule has 1 saturated heterocycles. The van der Waals surface area contributed by atoms with Crippen molar-refractivity contribution in [3.63, 3.8) is 0 Å². The fourth-order valence-electron chi connectivity index (χ4n) is 3.96. The summed E-state index contributed by atoms with van der Waals surface area (Å²) in [6.45, 7) is 0.819. The highest BCUT2D eigenvalue weighted by Crippen LogP contribution is 2.20. The van der Waals surface area contributed by atoms with Crippen LogP contribution in [0.3, 0.4) is 0 Å². The minimum absolute atomic E-state index is 0.0952. The lowest BCUT2D eigenvalue weighted by Gasteiger charge is -2.25. The van der Waals surface area contributed by atoms with Crippen molar-refractivity contribution in [2.75, 3.05) is 6.73 Å². The summed E-state index contributed by atoms with van der Waals surface area (Å²) in [4.78, 5) is 41.2. The van der Waals surface area contributed by atoms with Crippen molar-refractivity contribution in [2.45, 2.75) is 38.6 Å². The Labute approximate surface area is 204 Å². The Balaban J connectivity index is 1.38. The van der Waals surface area contributed by atoms with E-state index in [0.717, 1.165) is 16.7 Å². The molecule has 0 unspecified atom stereocenters. The van der Waals surface area contributed by atoms with E-state index in [-0.39, 0.29) is 32.1 Å². The van der Waals surface area contributed by atoms with Gasteiger partial charge < -0.3 is 14.4 Å². The maximum atomic E-state index is 13.2. The minimum atomic E-state index is -0.850. The van der Waals surface area contributed by atoms with Crippen LogP contribution in [0.25, 0.3) is 0 Å². The van der Waals surface area contributed by atoms with Crippen LogP contribution in [0.15, 0.2) is 91.0 Å². The first-order valence-electron chi connectivity index (χ1n) is 11.6. The van der Waals surface area contributed by atoms with Crippen LogP contribution in [0, 0.1) is 0 Å². The third kappa shape index (κ3) is 6.69. The maximum absolute atomic E-state index is 13.2. The number of ether oxygens (including phenoxy) is 2. The highest BCUT2D eigenvalue weighted by Gasteiger charge is 2.39. The van der Waals surface area contributed by atoms with Gasteiger partial charge in [0.25, 0.3) is 0 Å². The Morgan fingerprint density at radius 2 is 1.34 bits per heavy atom. The monoisotopic (exact) mass is 472 g/mol. The van der Waals surface area contributed by atoms with Crippen LogP contribution in [0.5, 0.6) is 0 Å². The molecule has 1 heterocycles. The third-order valence-electron chi connectivity index (χ3n) is 5.85. The average Bonchev–Trinajstić information content (AvgIpc) is 3.27. The second kappa shape index (κ2) is 11.8. The molecule has 3 aromatic carbocycles. The summed E-state index contributed by atoms with van der Waals surface area (Å²) in [7, 11) is 0. The van der Waals surface area contributed by atoms with Gasteiger partial charge in [0.15, 0.2) is 6.73 Å². The van der Waals surface area contributed by atoms with Crippen LogP contribution in [-0.4, -0.2) is 40.5 Å². The number of rotatable bonds is 9. The zero-order chi connectivity index (χ0) is 24.5. The Bertz CT molecular complexity index is 1080. The highest BCUT2D eigenvalue weighted by atomic mass is 16.6. The Morgan fingerprint density at radius 3 is 1.89 bits per heavy atom. The quantitative estimate of drug-likeness (QED) is 0.428. The molecule has 0 bridgehead atoms. The van der Waals surface area contributed by atoms with E-state index in [0.29, 0.717) is 13.1 Å². The predicted molar refractivity (Wildman–Crippen MR) is 130 cm³/mol. The first-order valence-corrected chi connectivity index (χ1v) is 11.6. The van der Waals surface area contributed by atoms with Gasteiger partial charge in [-0.05, 0) is 23.1 Å². The minimum Gasteiger partial charge on any atom is -0.444 e. The largest absolute Gasteiger partial charge is 0.444 e. The Kier molecular flexibility index (Phi) is 8.12. The van der Waals surface area contributed by atoms with Crippen LogP contribution < -0.4 is 0 Å². The predicted octanol–water partition coefficient (Wildman–Crippen LogP) is 4.52. The number of nitrogens with zero attached hydrogens (tertiary/aromatic N) is 2. The number of hydrogen-bond donors (Lipinski definition) is 0. The molecule has 1 atom stereocenters. The molecule has 0 N–H and O–H groups in total.